The van der Waals surface area contributed by atoms with Crippen LogP contribution in [0.25, 0.3) is 0 Å². The van der Waals surface area contributed by atoms with Crippen molar-refractivity contribution < 1.29 is 23.9 Å². The Balaban J connectivity index is 1.43. The van der Waals surface area contributed by atoms with E-state index >= 15 is 0 Å². The van der Waals surface area contributed by atoms with Crippen LogP contribution >= 0.6 is 11.3 Å². The summed E-state index contributed by atoms with van der Waals surface area (Å²) in [5, 5.41) is 14.5. The van der Waals surface area contributed by atoms with Gasteiger partial charge < -0.3 is 18.9 Å². The van der Waals surface area contributed by atoms with Crippen molar-refractivity contribution in [1.82, 2.24) is 0 Å². The molecule has 0 aliphatic carbocycles. The smallest absolute Gasteiger partial charge is 0.272 e. The van der Waals surface area contributed by atoms with E-state index in [0.29, 0.717) is 6.61 Å². The fourth-order valence-corrected chi connectivity index (χ4v) is 5.57. The van der Waals surface area contributed by atoms with Crippen molar-refractivity contribution in [2.24, 2.45) is 0 Å². The molecule has 1 aliphatic rings. The lowest BCUT2D eigenvalue weighted by atomic mass is 9.91. The van der Waals surface area contributed by atoms with Gasteiger partial charge in [-0.25, -0.2) is 0 Å². The number of rotatable bonds is 12. The number of ether oxygens (including phenoxy) is 4. The molecule has 1 aromatic heterocycles. The lowest BCUT2D eigenvalue weighted by molar-refractivity contribution is -0.563. The van der Waals surface area contributed by atoms with E-state index in [4.69, 9.17) is 18.9 Å². The molecule has 202 valence electrons. The summed E-state index contributed by atoms with van der Waals surface area (Å²) in [5.41, 5.74) is 2.92. The highest BCUT2D eigenvalue weighted by molar-refractivity contribution is 7.10. The molecule has 5 rings (SSSR count). The molecule has 2 heterocycles. The summed E-state index contributed by atoms with van der Waals surface area (Å²) >= 11 is 1.43. The first-order chi connectivity index (χ1) is 19.2. The largest absolute Gasteiger partial charge is 0.374 e. The van der Waals surface area contributed by atoms with Crippen molar-refractivity contribution in [3.8, 4) is 0 Å². The van der Waals surface area contributed by atoms with Gasteiger partial charge in [0, 0.05) is 9.80 Å². The van der Waals surface area contributed by atoms with Gasteiger partial charge in [0.15, 0.2) is 12.2 Å². The second kappa shape index (κ2) is 13.6. The molecule has 0 amide bonds. The molecule has 3 aromatic carbocycles. The first-order valence-electron chi connectivity index (χ1n) is 12.9. The van der Waals surface area contributed by atoms with E-state index in [0.717, 1.165) is 21.6 Å². The van der Waals surface area contributed by atoms with Crippen LogP contribution in [0.15, 0.2) is 109 Å². The highest BCUT2D eigenvalue weighted by Gasteiger charge is 2.54. The van der Waals surface area contributed by atoms with Crippen LogP contribution in [-0.4, -0.2) is 35.9 Å². The summed E-state index contributed by atoms with van der Waals surface area (Å²) in [5.74, 6) is 0. The molecule has 0 N–H and O–H groups in total. The zero-order valence-electron chi connectivity index (χ0n) is 21.4. The lowest BCUT2D eigenvalue weighted by Crippen LogP contribution is -2.59. The molecule has 39 heavy (non-hydrogen) atoms. The van der Waals surface area contributed by atoms with Crippen LogP contribution in [-0.2, 0) is 38.8 Å². The maximum atomic E-state index is 12.6. The third-order valence-electron chi connectivity index (χ3n) is 6.69. The van der Waals surface area contributed by atoms with Crippen LogP contribution in [0.4, 0.5) is 0 Å². The topological polar surface area (TPSA) is 80.1 Å². The molecule has 0 saturated carbocycles. The molecule has 1 aliphatic heterocycles. The second-order valence-corrected chi connectivity index (χ2v) is 10.4. The van der Waals surface area contributed by atoms with Crippen LogP contribution in [0.1, 0.15) is 27.7 Å². The van der Waals surface area contributed by atoms with Crippen LogP contribution in [0.5, 0.6) is 0 Å². The summed E-state index contributed by atoms with van der Waals surface area (Å²) < 4.78 is 25.3. The Labute approximate surface area is 232 Å². The van der Waals surface area contributed by atoms with Gasteiger partial charge in [-0.1, -0.05) is 97.1 Å². The number of thiophene rings is 1. The van der Waals surface area contributed by atoms with Gasteiger partial charge in [-0.2, -0.15) is 0 Å². The zero-order chi connectivity index (χ0) is 26.9. The number of benzene rings is 3. The van der Waals surface area contributed by atoms with E-state index in [1.165, 1.54) is 11.3 Å². The molecule has 5 atom stereocenters. The Bertz CT molecular complexity index is 1270. The van der Waals surface area contributed by atoms with Crippen molar-refractivity contribution in [2.45, 2.75) is 50.3 Å². The minimum absolute atomic E-state index is 0.200. The van der Waals surface area contributed by atoms with E-state index in [-0.39, 0.29) is 24.7 Å². The molecule has 1 fully saturated rings. The average molecular weight is 546 g/mol. The third-order valence-corrected chi connectivity index (χ3v) is 7.62. The Morgan fingerprint density at radius 3 is 1.77 bits per heavy atom. The molecule has 4 aromatic rings. The summed E-state index contributed by atoms with van der Waals surface area (Å²) in [4.78, 5) is 13.1. The quantitative estimate of drug-likeness (QED) is 0.155. The fraction of sp³-hybridized carbons (Fsp3) is 0.290. The van der Waals surface area contributed by atoms with Gasteiger partial charge in [0.1, 0.15) is 12.2 Å². The third kappa shape index (κ3) is 7.17. The first-order valence-corrected chi connectivity index (χ1v) is 13.8. The Morgan fingerprint density at radius 1 is 0.718 bits per heavy atom. The van der Waals surface area contributed by atoms with Gasteiger partial charge in [-0.3, -0.25) is 10.1 Å². The lowest BCUT2D eigenvalue weighted by Gasteiger charge is -2.42. The van der Waals surface area contributed by atoms with Gasteiger partial charge in [-0.05, 0) is 28.1 Å². The summed E-state index contributed by atoms with van der Waals surface area (Å²) in [6.07, 6.45) is -2.96. The van der Waals surface area contributed by atoms with Gasteiger partial charge in [0.2, 0.25) is 0 Å². The number of hydrogen-bond acceptors (Lipinski definition) is 7. The van der Waals surface area contributed by atoms with E-state index in [1.807, 2.05) is 109 Å². The Hall–Kier alpha value is -3.40. The summed E-state index contributed by atoms with van der Waals surface area (Å²) in [6, 6.07) is 31.8. The minimum atomic E-state index is -1.15. The Kier molecular flexibility index (Phi) is 9.47. The zero-order valence-corrected chi connectivity index (χ0v) is 22.2. The van der Waals surface area contributed by atoms with Crippen LogP contribution in [0.2, 0.25) is 0 Å². The molecule has 7 nitrogen and oxygen atoms in total. The van der Waals surface area contributed by atoms with Gasteiger partial charge in [-0.15, -0.1) is 11.3 Å². The number of nitrogens with zero attached hydrogens (tertiary/aromatic N) is 1. The molecule has 0 unspecified atom stereocenters. The molecule has 0 radical (unpaired) electrons. The maximum Gasteiger partial charge on any atom is 0.272 e. The number of nitro groups is 1. The number of hydrogen-bond donors (Lipinski definition) is 0. The predicted molar refractivity (Wildman–Crippen MR) is 149 cm³/mol. The average Bonchev–Trinajstić information content (AvgIpc) is 3.52. The van der Waals surface area contributed by atoms with E-state index in [9.17, 15) is 10.1 Å². The molecule has 8 heteroatoms. The molecule has 0 spiro atoms. The normalized spacial score (nSPS) is 22.9. The SMILES string of the molecule is O=[N+]([O-])[C@@H]1[C@@H](OCc2ccccc2)[C@H](OCc2ccccc2)[C@@H](COCc2ccccc2)O[C@H]1c1cccs1. The highest BCUT2D eigenvalue weighted by atomic mass is 32.1. The van der Waals surface area contributed by atoms with E-state index < -0.39 is 30.5 Å². The van der Waals surface area contributed by atoms with Gasteiger partial charge in [0.05, 0.1) is 26.4 Å². The fourth-order valence-electron chi connectivity index (χ4n) is 4.77. The maximum absolute atomic E-state index is 12.6. The van der Waals surface area contributed by atoms with Crippen LogP contribution in [0, 0.1) is 10.1 Å². The summed E-state index contributed by atoms with van der Waals surface area (Å²) in [6.45, 7) is 1.08. The summed E-state index contributed by atoms with van der Waals surface area (Å²) in [7, 11) is 0. The molecule has 0 bridgehead atoms. The van der Waals surface area contributed by atoms with Crippen molar-refractivity contribution in [2.75, 3.05) is 6.61 Å². The monoisotopic (exact) mass is 545 g/mol. The molecular weight excluding hydrogens is 514 g/mol. The minimum Gasteiger partial charge on any atom is -0.374 e. The van der Waals surface area contributed by atoms with E-state index in [1.54, 1.807) is 0 Å². The van der Waals surface area contributed by atoms with Crippen molar-refractivity contribution >= 4 is 11.3 Å². The highest BCUT2D eigenvalue weighted by Crippen LogP contribution is 2.39. The Morgan fingerprint density at radius 2 is 1.26 bits per heavy atom. The van der Waals surface area contributed by atoms with Gasteiger partial charge in [0.25, 0.3) is 6.04 Å². The van der Waals surface area contributed by atoms with Gasteiger partial charge >= 0.3 is 0 Å². The van der Waals surface area contributed by atoms with Crippen molar-refractivity contribution in [1.29, 1.82) is 0 Å². The van der Waals surface area contributed by atoms with Crippen LogP contribution in [0.3, 0.4) is 0 Å². The van der Waals surface area contributed by atoms with E-state index in [2.05, 4.69) is 0 Å². The molecule has 1 saturated heterocycles. The van der Waals surface area contributed by atoms with Crippen molar-refractivity contribution in [3.05, 3.63) is 140 Å². The first kappa shape index (κ1) is 27.2. The molecular formula is C31H31NO6S. The van der Waals surface area contributed by atoms with Crippen LogP contribution < -0.4 is 0 Å². The second-order valence-electron chi connectivity index (χ2n) is 9.41. The standard InChI is InChI=1S/C31H31NO6S/c33-32(34)28-30(27-17-10-18-39-27)38-26(22-35-19-23-11-4-1-5-12-23)29(36-20-24-13-6-2-7-14-24)31(28)37-21-25-15-8-3-9-16-25/h1-18,26,28-31H,19-22H2/t26-,28+,29-,30+,31-/m1/s1. The predicted octanol–water partition coefficient (Wildman–Crippen LogP) is 6.22. The van der Waals surface area contributed by atoms with Crippen molar-refractivity contribution in [3.63, 3.8) is 0 Å².